The molecule has 0 aromatic heterocycles. The fourth-order valence-corrected chi connectivity index (χ4v) is 2.77. The SMILES string of the molecule is [B]c1c(OCc2ccc(OC)cc2)ccc(C)c1C(OC(C)(C)C)C(=O)OC. The van der Waals surface area contributed by atoms with Gasteiger partial charge in [0.05, 0.1) is 19.8 Å². The topological polar surface area (TPSA) is 54.0 Å². The van der Waals surface area contributed by atoms with E-state index in [2.05, 4.69) is 0 Å². The third kappa shape index (κ3) is 5.52. The first-order valence-electron chi connectivity index (χ1n) is 9.06. The van der Waals surface area contributed by atoms with Gasteiger partial charge in [0.15, 0.2) is 6.10 Å². The summed E-state index contributed by atoms with van der Waals surface area (Å²) in [6.45, 7) is 7.83. The summed E-state index contributed by atoms with van der Waals surface area (Å²) < 4.78 is 22.0. The van der Waals surface area contributed by atoms with E-state index >= 15 is 0 Å². The average Bonchev–Trinajstić information content (AvgIpc) is 2.65. The maximum Gasteiger partial charge on any atom is 0.339 e. The number of ether oxygens (including phenoxy) is 4. The third-order valence-electron chi connectivity index (χ3n) is 4.17. The second-order valence-electron chi connectivity index (χ2n) is 7.48. The molecule has 0 aliphatic carbocycles. The van der Waals surface area contributed by atoms with Crippen LogP contribution in [0, 0.1) is 6.92 Å². The molecule has 0 N–H and O–H groups in total. The number of benzene rings is 2. The Labute approximate surface area is 168 Å². The molecule has 0 aliphatic rings. The average molecular weight is 382 g/mol. The molecule has 1 atom stereocenters. The van der Waals surface area contributed by atoms with E-state index in [1.165, 1.54) is 7.11 Å². The van der Waals surface area contributed by atoms with Gasteiger partial charge in [0.2, 0.25) is 0 Å². The molecule has 28 heavy (non-hydrogen) atoms. The lowest BCUT2D eigenvalue weighted by Gasteiger charge is -2.29. The van der Waals surface area contributed by atoms with Gasteiger partial charge in [0.25, 0.3) is 0 Å². The number of methoxy groups -OCH3 is 2. The summed E-state index contributed by atoms with van der Waals surface area (Å²) in [5, 5.41) is 0. The van der Waals surface area contributed by atoms with Gasteiger partial charge in [-0.3, -0.25) is 0 Å². The highest BCUT2D eigenvalue weighted by Gasteiger charge is 2.31. The molecule has 5 nitrogen and oxygen atoms in total. The largest absolute Gasteiger partial charge is 0.497 e. The van der Waals surface area contributed by atoms with Gasteiger partial charge in [-0.05, 0) is 68.0 Å². The van der Waals surface area contributed by atoms with Crippen LogP contribution in [0.5, 0.6) is 11.5 Å². The second-order valence-corrected chi connectivity index (χ2v) is 7.48. The summed E-state index contributed by atoms with van der Waals surface area (Å²) in [5.41, 5.74) is 2.17. The molecule has 0 bridgehead atoms. The molecule has 2 aromatic rings. The number of hydrogen-bond donors (Lipinski definition) is 0. The summed E-state index contributed by atoms with van der Waals surface area (Å²) in [5.74, 6) is 0.765. The lowest BCUT2D eigenvalue weighted by atomic mass is 9.84. The summed E-state index contributed by atoms with van der Waals surface area (Å²) >= 11 is 0. The molecule has 0 fully saturated rings. The highest BCUT2D eigenvalue weighted by atomic mass is 16.6. The fourth-order valence-electron chi connectivity index (χ4n) is 2.77. The Morgan fingerprint density at radius 1 is 1.07 bits per heavy atom. The molecule has 0 saturated heterocycles. The van der Waals surface area contributed by atoms with Gasteiger partial charge in [-0.2, -0.15) is 0 Å². The summed E-state index contributed by atoms with van der Waals surface area (Å²) in [6, 6.07) is 11.2. The Morgan fingerprint density at radius 2 is 1.71 bits per heavy atom. The Bertz CT molecular complexity index is 809. The molecule has 0 aliphatic heterocycles. The molecule has 2 rings (SSSR count). The zero-order valence-electron chi connectivity index (χ0n) is 17.4. The first-order chi connectivity index (χ1) is 13.2. The minimum atomic E-state index is -0.936. The monoisotopic (exact) mass is 382 g/mol. The van der Waals surface area contributed by atoms with E-state index in [9.17, 15) is 4.79 Å². The third-order valence-corrected chi connectivity index (χ3v) is 4.17. The van der Waals surface area contributed by atoms with Crippen molar-refractivity contribution < 1.29 is 23.7 Å². The van der Waals surface area contributed by atoms with Crippen LogP contribution < -0.4 is 14.9 Å². The van der Waals surface area contributed by atoms with Gasteiger partial charge in [0, 0.05) is 0 Å². The van der Waals surface area contributed by atoms with E-state index in [0.717, 1.165) is 16.9 Å². The predicted octanol–water partition coefficient (Wildman–Crippen LogP) is 3.41. The molecule has 2 aromatic carbocycles. The lowest BCUT2D eigenvalue weighted by Crippen LogP contribution is -2.32. The zero-order valence-corrected chi connectivity index (χ0v) is 17.4. The fraction of sp³-hybridized carbons (Fsp3) is 0.409. The van der Waals surface area contributed by atoms with E-state index in [1.807, 2.05) is 58.0 Å². The van der Waals surface area contributed by atoms with E-state index in [0.29, 0.717) is 23.4 Å². The van der Waals surface area contributed by atoms with Crippen molar-refractivity contribution in [3.63, 3.8) is 0 Å². The number of esters is 1. The molecule has 0 amide bonds. The molecular formula is C22H27BO5. The van der Waals surface area contributed by atoms with Crippen molar-refractivity contribution in [3.8, 4) is 11.5 Å². The van der Waals surface area contributed by atoms with E-state index < -0.39 is 17.7 Å². The molecule has 1 unspecified atom stereocenters. The highest BCUT2D eigenvalue weighted by molar-refractivity contribution is 6.35. The van der Waals surface area contributed by atoms with Gasteiger partial charge >= 0.3 is 5.97 Å². The van der Waals surface area contributed by atoms with Gasteiger partial charge in [0.1, 0.15) is 26.0 Å². The van der Waals surface area contributed by atoms with Crippen LogP contribution in [-0.2, 0) is 20.9 Å². The molecule has 0 heterocycles. The maximum absolute atomic E-state index is 12.4. The molecule has 0 spiro atoms. The van der Waals surface area contributed by atoms with Crippen molar-refractivity contribution in [2.75, 3.05) is 14.2 Å². The predicted molar refractivity (Wildman–Crippen MR) is 109 cm³/mol. The smallest absolute Gasteiger partial charge is 0.339 e. The minimum absolute atomic E-state index is 0.333. The second kappa shape index (κ2) is 9.15. The quantitative estimate of drug-likeness (QED) is 0.543. The van der Waals surface area contributed by atoms with Crippen LogP contribution in [0.25, 0.3) is 0 Å². The first kappa shape index (κ1) is 21.8. The Kier molecular flexibility index (Phi) is 7.14. The Balaban J connectivity index is 2.31. The first-order valence-corrected chi connectivity index (χ1v) is 9.06. The van der Waals surface area contributed by atoms with Gasteiger partial charge < -0.3 is 18.9 Å². The van der Waals surface area contributed by atoms with Crippen LogP contribution in [0.15, 0.2) is 36.4 Å². The van der Waals surface area contributed by atoms with Crippen LogP contribution in [0.3, 0.4) is 0 Å². The van der Waals surface area contributed by atoms with Crippen LogP contribution >= 0.6 is 0 Å². The molecule has 148 valence electrons. The minimum Gasteiger partial charge on any atom is -0.497 e. The standard InChI is InChI=1S/C22H27BO5/c1-14-7-12-17(27-13-15-8-10-16(25-5)11-9-15)19(23)18(14)20(21(24)26-6)28-22(2,3)4/h7-12,20H,13H2,1-6H3. The van der Waals surface area contributed by atoms with Crippen molar-refractivity contribution in [2.24, 2.45) is 0 Å². The molecule has 2 radical (unpaired) electrons. The number of carbonyl (C=O) groups is 1. The Hall–Kier alpha value is -2.47. The van der Waals surface area contributed by atoms with Gasteiger partial charge in [-0.25, -0.2) is 4.79 Å². The van der Waals surface area contributed by atoms with E-state index in [4.69, 9.17) is 26.8 Å². The summed E-state index contributed by atoms with van der Waals surface area (Å²) in [6.07, 6.45) is -0.936. The van der Waals surface area contributed by atoms with Crippen LogP contribution in [0.1, 0.15) is 43.6 Å². The van der Waals surface area contributed by atoms with E-state index in [1.54, 1.807) is 13.2 Å². The lowest BCUT2D eigenvalue weighted by molar-refractivity contribution is -0.164. The maximum atomic E-state index is 12.4. The summed E-state index contributed by atoms with van der Waals surface area (Å²) in [7, 11) is 9.33. The number of aryl methyl sites for hydroxylation is 1. The van der Waals surface area contributed by atoms with E-state index in [-0.39, 0.29) is 0 Å². The van der Waals surface area contributed by atoms with Gasteiger partial charge in [-0.1, -0.05) is 18.2 Å². The van der Waals surface area contributed by atoms with Crippen molar-refractivity contribution >= 4 is 19.3 Å². The zero-order chi connectivity index (χ0) is 20.9. The molecule has 0 saturated carbocycles. The normalized spacial score (nSPS) is 12.4. The summed E-state index contributed by atoms with van der Waals surface area (Å²) in [4.78, 5) is 12.4. The van der Waals surface area contributed by atoms with Crippen LogP contribution in [0.2, 0.25) is 0 Å². The highest BCUT2D eigenvalue weighted by Crippen LogP contribution is 2.29. The van der Waals surface area contributed by atoms with Crippen LogP contribution in [0.4, 0.5) is 0 Å². The molecule has 6 heteroatoms. The molecular weight excluding hydrogens is 355 g/mol. The van der Waals surface area contributed by atoms with Crippen molar-refractivity contribution in [3.05, 3.63) is 53.1 Å². The van der Waals surface area contributed by atoms with Gasteiger partial charge in [-0.15, -0.1) is 0 Å². The Morgan fingerprint density at radius 3 is 2.25 bits per heavy atom. The number of carbonyl (C=O) groups excluding carboxylic acids is 1. The van der Waals surface area contributed by atoms with Crippen molar-refractivity contribution in [1.29, 1.82) is 0 Å². The van der Waals surface area contributed by atoms with Crippen molar-refractivity contribution in [2.45, 2.75) is 46.0 Å². The number of rotatable bonds is 7. The number of hydrogen-bond acceptors (Lipinski definition) is 5. The van der Waals surface area contributed by atoms with Crippen molar-refractivity contribution in [1.82, 2.24) is 0 Å². The van der Waals surface area contributed by atoms with Crippen LogP contribution in [-0.4, -0.2) is 33.6 Å².